The molecular weight excluding hydrogens is 402 g/mol. The van der Waals surface area contributed by atoms with Crippen LogP contribution < -0.4 is 10.6 Å². The van der Waals surface area contributed by atoms with E-state index in [0.717, 1.165) is 16.7 Å². The lowest BCUT2D eigenvalue weighted by Crippen LogP contribution is -2.45. The molecule has 2 N–H and O–H groups in total. The van der Waals surface area contributed by atoms with Gasteiger partial charge in [0.1, 0.15) is 5.54 Å². The molecule has 6 nitrogen and oxygen atoms in total. The highest BCUT2D eigenvalue weighted by Crippen LogP contribution is 2.34. The van der Waals surface area contributed by atoms with Crippen molar-refractivity contribution in [2.24, 2.45) is 5.92 Å². The first-order valence-electron chi connectivity index (χ1n) is 10.9. The molecule has 0 saturated carbocycles. The third kappa shape index (κ3) is 4.43. The van der Waals surface area contributed by atoms with Crippen LogP contribution in [0.5, 0.6) is 0 Å². The Hall–Kier alpha value is -3.46. The molecule has 1 saturated heterocycles. The summed E-state index contributed by atoms with van der Waals surface area (Å²) in [6, 6.07) is 14.8. The monoisotopic (exact) mass is 431 g/mol. The molecule has 6 heteroatoms. The number of hydrogen-bond donors (Lipinski definition) is 2. The summed E-state index contributed by atoms with van der Waals surface area (Å²) in [5.41, 5.74) is 2.61. The number of Topliss-reactive ketones (excluding diaryl/α,β-unsaturated/α-hetero) is 1. The molecule has 0 aliphatic carbocycles. The highest BCUT2D eigenvalue weighted by molar-refractivity contribution is 6.27. The summed E-state index contributed by atoms with van der Waals surface area (Å²) >= 11 is 0. The van der Waals surface area contributed by atoms with Crippen molar-refractivity contribution in [1.82, 2.24) is 5.32 Å². The third-order valence-electron chi connectivity index (χ3n) is 5.96. The van der Waals surface area contributed by atoms with E-state index in [2.05, 4.69) is 16.7 Å². The normalized spacial score (nSPS) is 20.4. The maximum Gasteiger partial charge on any atom is 0.244 e. The molecule has 32 heavy (non-hydrogen) atoms. The lowest BCUT2D eigenvalue weighted by molar-refractivity contribution is -0.135. The molecule has 2 amide bonds. The predicted molar refractivity (Wildman–Crippen MR) is 123 cm³/mol. The molecule has 0 aromatic heterocycles. The van der Waals surface area contributed by atoms with Gasteiger partial charge in [0.15, 0.2) is 11.7 Å². The molecule has 0 bridgehead atoms. The van der Waals surface area contributed by atoms with Gasteiger partial charge in [-0.2, -0.15) is 5.26 Å². The summed E-state index contributed by atoms with van der Waals surface area (Å²) in [7, 11) is 0. The van der Waals surface area contributed by atoms with Crippen molar-refractivity contribution in [3.63, 3.8) is 0 Å². The molecule has 1 heterocycles. The van der Waals surface area contributed by atoms with Crippen molar-refractivity contribution in [2.75, 3.05) is 5.32 Å². The molecule has 2 aromatic rings. The molecule has 2 unspecified atom stereocenters. The number of amides is 2. The lowest BCUT2D eigenvalue weighted by Gasteiger charge is -2.23. The molecule has 0 radical (unpaired) electrons. The Morgan fingerprint density at radius 3 is 2.25 bits per heavy atom. The summed E-state index contributed by atoms with van der Waals surface area (Å²) in [5.74, 6) is -2.77. The number of nitriles is 1. The van der Waals surface area contributed by atoms with Crippen LogP contribution in [-0.2, 0) is 20.8 Å². The van der Waals surface area contributed by atoms with E-state index in [1.807, 2.05) is 45.9 Å². The summed E-state index contributed by atoms with van der Waals surface area (Å²) < 4.78 is 0. The molecule has 2 atom stereocenters. The van der Waals surface area contributed by atoms with Crippen molar-refractivity contribution in [3.8, 4) is 6.07 Å². The van der Waals surface area contributed by atoms with Crippen LogP contribution in [0.25, 0.3) is 0 Å². The highest BCUT2D eigenvalue weighted by Gasteiger charge is 2.52. The van der Waals surface area contributed by atoms with E-state index in [-0.39, 0.29) is 18.3 Å². The third-order valence-corrected chi connectivity index (χ3v) is 5.96. The molecule has 3 rings (SSSR count). The topological polar surface area (TPSA) is 99.1 Å². The zero-order chi connectivity index (χ0) is 23.6. The zero-order valence-corrected chi connectivity index (χ0v) is 19.2. The fourth-order valence-electron chi connectivity index (χ4n) is 4.26. The second-order valence-electron chi connectivity index (χ2n) is 9.22. The van der Waals surface area contributed by atoms with E-state index >= 15 is 0 Å². The number of nitrogens with one attached hydrogen (secondary N) is 2. The number of carbonyl (C=O) groups excluding carboxylic acids is 3. The molecular formula is C26H29N3O3. The predicted octanol–water partition coefficient (Wildman–Crippen LogP) is 4.06. The Kier molecular flexibility index (Phi) is 6.50. The average molecular weight is 432 g/mol. The molecule has 1 aliphatic heterocycles. The number of ketones is 1. The fourth-order valence-corrected chi connectivity index (χ4v) is 4.26. The van der Waals surface area contributed by atoms with Crippen molar-refractivity contribution < 1.29 is 14.4 Å². The van der Waals surface area contributed by atoms with Crippen molar-refractivity contribution in [3.05, 3.63) is 64.7 Å². The first-order chi connectivity index (χ1) is 15.1. The lowest BCUT2D eigenvalue weighted by atomic mass is 9.86. The number of benzene rings is 2. The number of nitrogens with zero attached hydrogens (tertiary/aromatic N) is 1. The van der Waals surface area contributed by atoms with Gasteiger partial charge in [-0.25, -0.2) is 0 Å². The molecule has 166 valence electrons. The summed E-state index contributed by atoms with van der Waals surface area (Å²) in [6.07, 6.45) is 0.205. The van der Waals surface area contributed by atoms with Crippen LogP contribution in [0.2, 0.25) is 0 Å². The van der Waals surface area contributed by atoms with E-state index in [4.69, 9.17) is 5.26 Å². The van der Waals surface area contributed by atoms with Crippen LogP contribution in [-0.4, -0.2) is 23.1 Å². The maximum absolute atomic E-state index is 13.3. The van der Waals surface area contributed by atoms with Crippen LogP contribution in [0.3, 0.4) is 0 Å². The second-order valence-corrected chi connectivity index (χ2v) is 9.22. The van der Waals surface area contributed by atoms with Crippen LogP contribution in [0, 0.1) is 17.2 Å². The standard InChI is InChI=1S/C26H29N3O3/c1-15(2)19-10-7-11-20(16(3)4)22(19)28-24(31)21-23(30)26(5,29-25(21)32)13-17-8-6-9-18(12-17)14-27/h6-12,15-16,21H,13H2,1-5H3,(H,28,31)(H,29,32). The van der Waals surface area contributed by atoms with Gasteiger partial charge in [0.05, 0.1) is 11.6 Å². The minimum absolute atomic E-state index is 0.162. The largest absolute Gasteiger partial charge is 0.342 e. The first kappa shape index (κ1) is 23.2. The Morgan fingerprint density at radius 1 is 1.09 bits per heavy atom. The van der Waals surface area contributed by atoms with Gasteiger partial charge in [-0.1, -0.05) is 58.0 Å². The van der Waals surface area contributed by atoms with Crippen molar-refractivity contribution in [1.29, 1.82) is 5.26 Å². The number of hydrogen-bond acceptors (Lipinski definition) is 4. The maximum atomic E-state index is 13.3. The van der Waals surface area contributed by atoms with Crippen LogP contribution in [0.1, 0.15) is 68.7 Å². The summed E-state index contributed by atoms with van der Waals surface area (Å²) in [4.78, 5) is 39.2. The zero-order valence-electron chi connectivity index (χ0n) is 19.2. The average Bonchev–Trinajstić information content (AvgIpc) is 2.95. The Balaban J connectivity index is 1.88. The minimum atomic E-state index is -1.42. The van der Waals surface area contributed by atoms with Gasteiger partial charge in [-0.05, 0) is 47.6 Å². The number of carbonyl (C=O) groups is 3. The van der Waals surface area contributed by atoms with Crippen LogP contribution in [0.15, 0.2) is 42.5 Å². The fraction of sp³-hybridized carbons (Fsp3) is 0.385. The first-order valence-corrected chi connectivity index (χ1v) is 10.9. The second kappa shape index (κ2) is 8.96. The SMILES string of the molecule is CC(C)c1cccc(C(C)C)c1NC(=O)C1C(=O)NC(C)(Cc2cccc(C#N)c2)C1=O. The molecule has 1 aliphatic rings. The Morgan fingerprint density at radius 2 is 1.69 bits per heavy atom. The van der Waals surface area contributed by atoms with Gasteiger partial charge in [0.25, 0.3) is 0 Å². The van der Waals surface area contributed by atoms with E-state index in [9.17, 15) is 14.4 Å². The summed E-state index contributed by atoms with van der Waals surface area (Å²) in [5, 5.41) is 14.7. The summed E-state index contributed by atoms with van der Waals surface area (Å²) in [6.45, 7) is 9.77. The van der Waals surface area contributed by atoms with Gasteiger partial charge < -0.3 is 10.6 Å². The van der Waals surface area contributed by atoms with E-state index in [1.54, 1.807) is 31.2 Å². The van der Waals surface area contributed by atoms with Crippen molar-refractivity contribution in [2.45, 2.75) is 58.4 Å². The van der Waals surface area contributed by atoms with E-state index in [1.165, 1.54) is 0 Å². The van der Waals surface area contributed by atoms with Crippen LogP contribution in [0.4, 0.5) is 5.69 Å². The molecule has 2 aromatic carbocycles. The number of anilines is 1. The highest BCUT2D eigenvalue weighted by atomic mass is 16.2. The molecule has 1 fully saturated rings. The quantitative estimate of drug-likeness (QED) is 0.674. The van der Waals surface area contributed by atoms with E-state index in [0.29, 0.717) is 11.3 Å². The van der Waals surface area contributed by atoms with Gasteiger partial charge in [-0.15, -0.1) is 0 Å². The number of rotatable bonds is 6. The minimum Gasteiger partial charge on any atom is -0.342 e. The van der Waals surface area contributed by atoms with Gasteiger partial charge in [0, 0.05) is 12.1 Å². The Labute approximate surface area is 189 Å². The molecule has 0 spiro atoms. The smallest absolute Gasteiger partial charge is 0.244 e. The van der Waals surface area contributed by atoms with Gasteiger partial charge >= 0.3 is 0 Å². The van der Waals surface area contributed by atoms with E-state index < -0.39 is 29.1 Å². The van der Waals surface area contributed by atoms with Crippen LogP contribution >= 0.6 is 0 Å². The van der Waals surface area contributed by atoms with Gasteiger partial charge in [-0.3, -0.25) is 14.4 Å². The van der Waals surface area contributed by atoms with Gasteiger partial charge in [0.2, 0.25) is 11.8 Å². The number of para-hydroxylation sites is 1. The Bertz CT molecular complexity index is 1090. The van der Waals surface area contributed by atoms with Crippen molar-refractivity contribution >= 4 is 23.3 Å².